The number of anilines is 1. The number of aromatic nitrogens is 3. The van der Waals surface area contributed by atoms with E-state index in [4.69, 9.17) is 27.9 Å². The number of nitrogens with one attached hydrogen (secondary N) is 1. The first kappa shape index (κ1) is 20.8. The maximum absolute atomic E-state index is 12.9. The first-order valence-corrected chi connectivity index (χ1v) is 9.96. The highest BCUT2D eigenvalue weighted by molar-refractivity contribution is 6.48. The molecule has 0 fully saturated rings. The van der Waals surface area contributed by atoms with Crippen molar-refractivity contribution in [3.8, 4) is 5.75 Å². The number of pyridine rings is 2. The molecule has 4 rings (SSSR count). The molecule has 0 atom stereocenters. The van der Waals surface area contributed by atoms with E-state index >= 15 is 0 Å². The largest absolute Gasteiger partial charge is 0.497 e. The summed E-state index contributed by atoms with van der Waals surface area (Å²) in [6.45, 7) is 0.474. The number of carbonyl (C=O) groups is 2. The summed E-state index contributed by atoms with van der Waals surface area (Å²) in [4.78, 5) is 33.7. The topological polar surface area (TPSA) is 86.1 Å². The van der Waals surface area contributed by atoms with E-state index in [1.54, 1.807) is 31.6 Å². The van der Waals surface area contributed by atoms with Crippen LogP contribution in [0.25, 0.3) is 11.0 Å². The molecular weight excluding hydrogens is 439 g/mol. The summed E-state index contributed by atoms with van der Waals surface area (Å²) in [5.41, 5.74) is 2.13. The van der Waals surface area contributed by atoms with E-state index in [1.807, 2.05) is 28.8 Å². The van der Waals surface area contributed by atoms with Gasteiger partial charge in [0.05, 0.1) is 12.7 Å². The lowest BCUT2D eigenvalue weighted by Gasteiger charge is -2.06. The Morgan fingerprint density at radius 3 is 2.48 bits per heavy atom. The van der Waals surface area contributed by atoms with E-state index < -0.39 is 11.7 Å². The number of Topliss-reactive ketones (excluding diaryl/α,β-unsaturated/α-hetero) is 1. The first-order chi connectivity index (χ1) is 14.9. The molecule has 0 unspecified atom stereocenters. The van der Waals surface area contributed by atoms with E-state index in [2.05, 4.69) is 15.3 Å². The Morgan fingerprint density at radius 1 is 1.10 bits per heavy atom. The second kappa shape index (κ2) is 8.75. The number of carbonyl (C=O) groups excluding carboxylic acids is 2. The van der Waals surface area contributed by atoms with Crippen LogP contribution in [0.3, 0.4) is 0 Å². The van der Waals surface area contributed by atoms with Crippen molar-refractivity contribution in [2.24, 2.45) is 0 Å². The van der Waals surface area contributed by atoms with Crippen molar-refractivity contribution < 1.29 is 14.3 Å². The third kappa shape index (κ3) is 4.52. The van der Waals surface area contributed by atoms with Crippen LogP contribution in [-0.4, -0.2) is 33.3 Å². The minimum atomic E-state index is -0.814. The zero-order valence-corrected chi connectivity index (χ0v) is 17.8. The van der Waals surface area contributed by atoms with Gasteiger partial charge in [0.25, 0.3) is 11.7 Å². The Labute approximate surface area is 187 Å². The van der Waals surface area contributed by atoms with Crippen molar-refractivity contribution in [3.05, 3.63) is 82.4 Å². The van der Waals surface area contributed by atoms with E-state index in [0.717, 1.165) is 11.3 Å². The van der Waals surface area contributed by atoms with Gasteiger partial charge < -0.3 is 14.6 Å². The maximum Gasteiger partial charge on any atom is 0.296 e. The van der Waals surface area contributed by atoms with Gasteiger partial charge in [-0.1, -0.05) is 35.3 Å². The van der Waals surface area contributed by atoms with Crippen LogP contribution in [0, 0.1) is 0 Å². The molecule has 1 amide bonds. The molecule has 0 aliphatic heterocycles. The second-order valence-electron chi connectivity index (χ2n) is 6.68. The highest BCUT2D eigenvalue weighted by Gasteiger charge is 2.22. The first-order valence-electron chi connectivity index (χ1n) is 9.20. The molecule has 0 radical (unpaired) electrons. The standard InChI is InChI=1S/C22H16Cl2N4O3/c1-31-15-6-4-13(5-7-15)11-28-12-17(16-3-2-8-25-21(16)28)20(29)22(30)26-14-9-18(23)27-19(24)10-14/h2-10,12H,11H2,1H3,(H,26,27,30). The highest BCUT2D eigenvalue weighted by atomic mass is 35.5. The van der Waals surface area contributed by atoms with Gasteiger partial charge in [-0.2, -0.15) is 0 Å². The monoisotopic (exact) mass is 454 g/mol. The minimum absolute atomic E-state index is 0.107. The number of hydrogen-bond donors (Lipinski definition) is 1. The summed E-state index contributed by atoms with van der Waals surface area (Å²) in [6, 6.07) is 13.9. The number of ether oxygens (including phenoxy) is 1. The van der Waals surface area contributed by atoms with Gasteiger partial charge >= 0.3 is 0 Å². The third-order valence-corrected chi connectivity index (χ3v) is 5.00. The quantitative estimate of drug-likeness (QED) is 0.261. The molecule has 0 saturated carbocycles. The van der Waals surface area contributed by atoms with E-state index in [0.29, 0.717) is 17.6 Å². The molecule has 3 aromatic heterocycles. The second-order valence-corrected chi connectivity index (χ2v) is 7.45. The van der Waals surface area contributed by atoms with Crippen molar-refractivity contribution in [3.63, 3.8) is 0 Å². The van der Waals surface area contributed by atoms with Crippen LogP contribution < -0.4 is 10.1 Å². The number of hydrogen-bond acceptors (Lipinski definition) is 5. The summed E-state index contributed by atoms with van der Waals surface area (Å²) in [6.07, 6.45) is 3.28. The Bertz CT molecular complexity index is 1270. The number of amides is 1. The van der Waals surface area contributed by atoms with Crippen LogP contribution in [0.4, 0.5) is 5.69 Å². The van der Waals surface area contributed by atoms with Crippen molar-refractivity contribution >= 4 is 51.6 Å². The average molecular weight is 455 g/mol. The molecule has 156 valence electrons. The number of nitrogens with zero attached hydrogens (tertiary/aromatic N) is 3. The van der Waals surface area contributed by atoms with Crippen LogP contribution in [0.1, 0.15) is 15.9 Å². The average Bonchev–Trinajstić information content (AvgIpc) is 3.11. The van der Waals surface area contributed by atoms with Gasteiger partial charge in [-0.25, -0.2) is 9.97 Å². The molecule has 31 heavy (non-hydrogen) atoms. The fourth-order valence-corrected chi connectivity index (χ4v) is 3.66. The predicted molar refractivity (Wildman–Crippen MR) is 119 cm³/mol. The lowest BCUT2D eigenvalue weighted by molar-refractivity contribution is -0.112. The molecule has 7 nitrogen and oxygen atoms in total. The Kier molecular flexibility index (Phi) is 5.88. The molecular formula is C22H16Cl2N4O3. The molecule has 1 N–H and O–H groups in total. The summed E-state index contributed by atoms with van der Waals surface area (Å²) in [5.74, 6) is -0.760. The Balaban J connectivity index is 1.63. The molecule has 0 bridgehead atoms. The summed E-state index contributed by atoms with van der Waals surface area (Å²) in [7, 11) is 1.61. The molecule has 3 heterocycles. The van der Waals surface area contributed by atoms with Gasteiger partial charge in [0, 0.05) is 30.0 Å². The summed E-state index contributed by atoms with van der Waals surface area (Å²) in [5, 5.41) is 3.32. The van der Waals surface area contributed by atoms with Gasteiger partial charge in [-0.15, -0.1) is 0 Å². The van der Waals surface area contributed by atoms with Crippen molar-refractivity contribution in [1.82, 2.24) is 14.5 Å². The minimum Gasteiger partial charge on any atom is -0.497 e. The smallest absolute Gasteiger partial charge is 0.296 e. The molecule has 4 aromatic rings. The number of benzene rings is 1. The van der Waals surface area contributed by atoms with E-state index in [1.165, 1.54) is 12.1 Å². The normalized spacial score (nSPS) is 10.8. The zero-order valence-electron chi connectivity index (χ0n) is 16.3. The van der Waals surface area contributed by atoms with E-state index in [9.17, 15) is 9.59 Å². The fourth-order valence-electron chi connectivity index (χ4n) is 3.20. The third-order valence-electron chi connectivity index (χ3n) is 4.62. The maximum atomic E-state index is 12.9. The van der Waals surface area contributed by atoms with Crippen molar-refractivity contribution in [2.75, 3.05) is 12.4 Å². The lowest BCUT2D eigenvalue weighted by atomic mass is 10.1. The van der Waals surface area contributed by atoms with Crippen LogP contribution in [0.2, 0.25) is 10.3 Å². The fraction of sp³-hybridized carbons (Fsp3) is 0.0909. The number of methoxy groups -OCH3 is 1. The van der Waals surface area contributed by atoms with Crippen LogP contribution >= 0.6 is 23.2 Å². The number of rotatable bonds is 6. The van der Waals surface area contributed by atoms with Gasteiger partial charge in [-0.05, 0) is 42.0 Å². The van der Waals surface area contributed by atoms with Gasteiger partial charge in [0.1, 0.15) is 21.7 Å². The summed E-state index contributed by atoms with van der Waals surface area (Å²) >= 11 is 11.7. The lowest BCUT2D eigenvalue weighted by Crippen LogP contribution is -2.22. The Hall–Kier alpha value is -3.42. The van der Waals surface area contributed by atoms with Gasteiger partial charge in [0.15, 0.2) is 0 Å². The Morgan fingerprint density at radius 2 is 1.81 bits per heavy atom. The molecule has 1 aromatic carbocycles. The predicted octanol–water partition coefficient (Wildman–Crippen LogP) is 4.62. The molecule has 9 heteroatoms. The van der Waals surface area contributed by atoms with Crippen molar-refractivity contribution in [1.29, 1.82) is 0 Å². The van der Waals surface area contributed by atoms with Gasteiger partial charge in [-0.3, -0.25) is 9.59 Å². The molecule has 0 aliphatic rings. The SMILES string of the molecule is COc1ccc(Cn2cc(C(=O)C(=O)Nc3cc(Cl)nc(Cl)c3)c3cccnc32)cc1. The van der Waals surface area contributed by atoms with E-state index in [-0.39, 0.29) is 21.6 Å². The number of halogens is 2. The molecule has 0 aliphatic carbocycles. The van der Waals surface area contributed by atoms with Crippen LogP contribution in [0.15, 0.2) is 60.9 Å². The molecule has 0 spiro atoms. The summed E-state index contributed by atoms with van der Waals surface area (Å²) < 4.78 is 7.02. The van der Waals surface area contributed by atoms with Crippen molar-refractivity contribution in [2.45, 2.75) is 6.54 Å². The molecule has 0 saturated heterocycles. The van der Waals surface area contributed by atoms with Crippen LogP contribution in [-0.2, 0) is 11.3 Å². The van der Waals surface area contributed by atoms with Crippen LogP contribution in [0.5, 0.6) is 5.75 Å². The highest BCUT2D eigenvalue weighted by Crippen LogP contribution is 2.23. The zero-order chi connectivity index (χ0) is 22.0. The number of ketones is 1. The number of fused-ring (bicyclic) bond motifs is 1. The van der Waals surface area contributed by atoms with Gasteiger partial charge in [0.2, 0.25) is 0 Å².